The Balaban J connectivity index is 3.01. The molecule has 1 atom stereocenters. The normalized spacial score (nSPS) is 23.0. The predicted molar refractivity (Wildman–Crippen MR) is 53.6 cm³/mol. The number of hydrogen-bond acceptors (Lipinski definition) is 2. The van der Waals surface area contributed by atoms with Gasteiger partial charge < -0.3 is 5.32 Å². The van der Waals surface area contributed by atoms with E-state index in [1.807, 2.05) is 20.8 Å². The van der Waals surface area contributed by atoms with Gasteiger partial charge in [-0.05, 0) is 13.0 Å². The van der Waals surface area contributed by atoms with E-state index in [2.05, 4.69) is 10.3 Å². The van der Waals surface area contributed by atoms with Crippen molar-refractivity contribution in [2.24, 2.45) is 10.4 Å². The summed E-state index contributed by atoms with van der Waals surface area (Å²) >= 11 is 0. The molecule has 0 saturated carbocycles. The summed E-state index contributed by atoms with van der Waals surface area (Å²) in [6.45, 7) is 7.08. The molecule has 5 heteroatoms. The molecular formula is C10H15F3N2. The Labute approximate surface area is 87.3 Å². The maximum atomic E-state index is 12.5. The van der Waals surface area contributed by atoms with Crippen molar-refractivity contribution in [2.75, 3.05) is 0 Å². The largest absolute Gasteiger partial charge is 0.414 e. The van der Waals surface area contributed by atoms with Gasteiger partial charge in [0.2, 0.25) is 0 Å². The van der Waals surface area contributed by atoms with Crippen molar-refractivity contribution in [3.63, 3.8) is 0 Å². The van der Waals surface area contributed by atoms with Crippen LogP contribution in [0.15, 0.2) is 16.8 Å². The first-order valence-electron chi connectivity index (χ1n) is 4.71. The Hall–Kier alpha value is -1.00. The second kappa shape index (κ2) is 3.54. The molecule has 2 nitrogen and oxygen atoms in total. The van der Waals surface area contributed by atoms with Crippen molar-refractivity contribution >= 4 is 5.84 Å². The van der Waals surface area contributed by atoms with Gasteiger partial charge >= 0.3 is 6.18 Å². The van der Waals surface area contributed by atoms with Gasteiger partial charge in [-0.3, -0.25) is 4.99 Å². The molecule has 15 heavy (non-hydrogen) atoms. The zero-order chi connectivity index (χ0) is 11.9. The smallest absolute Gasteiger partial charge is 0.348 e. The third kappa shape index (κ3) is 2.97. The molecule has 0 bridgehead atoms. The van der Waals surface area contributed by atoms with Crippen LogP contribution >= 0.6 is 0 Å². The minimum Gasteiger partial charge on any atom is -0.348 e. The number of nitrogens with zero attached hydrogens (tertiary/aromatic N) is 1. The van der Waals surface area contributed by atoms with Crippen molar-refractivity contribution in [1.82, 2.24) is 5.32 Å². The van der Waals surface area contributed by atoms with E-state index >= 15 is 0 Å². The van der Waals surface area contributed by atoms with Crippen LogP contribution in [-0.4, -0.2) is 18.1 Å². The second-order valence-corrected chi connectivity index (χ2v) is 4.69. The summed E-state index contributed by atoms with van der Waals surface area (Å²) in [6.07, 6.45) is -3.21. The molecule has 0 radical (unpaired) electrons. The molecule has 86 valence electrons. The van der Waals surface area contributed by atoms with Crippen molar-refractivity contribution in [3.05, 3.63) is 11.8 Å². The highest BCUT2D eigenvalue weighted by atomic mass is 19.4. The molecule has 0 aromatic rings. The lowest BCUT2D eigenvalue weighted by molar-refractivity contribution is -0.136. The number of amidine groups is 1. The van der Waals surface area contributed by atoms with Crippen LogP contribution in [0.3, 0.4) is 0 Å². The van der Waals surface area contributed by atoms with Gasteiger partial charge in [0.15, 0.2) is 6.04 Å². The van der Waals surface area contributed by atoms with Gasteiger partial charge in [-0.1, -0.05) is 20.8 Å². The molecule has 0 saturated heterocycles. The summed E-state index contributed by atoms with van der Waals surface area (Å²) < 4.78 is 37.5. The van der Waals surface area contributed by atoms with E-state index < -0.39 is 17.6 Å². The molecule has 0 amide bonds. The average Bonchev–Trinajstić information content (AvgIpc) is 1.99. The molecular weight excluding hydrogens is 205 g/mol. The lowest BCUT2D eigenvalue weighted by Gasteiger charge is -2.29. The van der Waals surface area contributed by atoms with E-state index in [0.717, 1.165) is 6.08 Å². The number of alkyl halides is 3. The van der Waals surface area contributed by atoms with Crippen LogP contribution in [0.2, 0.25) is 0 Å². The zero-order valence-electron chi connectivity index (χ0n) is 9.24. The molecule has 1 rings (SSSR count). The summed E-state index contributed by atoms with van der Waals surface area (Å²) in [5.41, 5.74) is 0.0937. The van der Waals surface area contributed by atoms with Crippen LogP contribution < -0.4 is 5.32 Å². The molecule has 1 unspecified atom stereocenters. The van der Waals surface area contributed by atoms with E-state index in [0.29, 0.717) is 11.5 Å². The standard InChI is InChI=1S/C10H15F3N2/c1-6-5-7(10(11,12)13)15-8(14-6)9(2,3)4/h5,7H,1-4H3,(H,14,15). The number of nitrogens with one attached hydrogen (secondary N) is 1. The maximum Gasteiger partial charge on any atom is 0.414 e. The van der Waals surface area contributed by atoms with Crippen LogP contribution in [0, 0.1) is 5.41 Å². The molecule has 1 aliphatic heterocycles. The van der Waals surface area contributed by atoms with Gasteiger partial charge in [0.1, 0.15) is 5.84 Å². The van der Waals surface area contributed by atoms with E-state index in [-0.39, 0.29) is 0 Å². The summed E-state index contributed by atoms with van der Waals surface area (Å²) in [5.74, 6) is 0.379. The monoisotopic (exact) mass is 220 g/mol. The van der Waals surface area contributed by atoms with Crippen LogP contribution in [0.4, 0.5) is 13.2 Å². The number of aliphatic imine (C=N–C) groups is 1. The Bertz CT molecular complexity index is 308. The Morgan fingerprint density at radius 2 is 1.80 bits per heavy atom. The summed E-state index contributed by atoms with van der Waals surface area (Å²) in [4.78, 5) is 3.68. The van der Waals surface area contributed by atoms with E-state index in [9.17, 15) is 13.2 Å². The minimum absolute atomic E-state index is 0.379. The van der Waals surface area contributed by atoms with Crippen molar-refractivity contribution in [1.29, 1.82) is 0 Å². The molecule has 1 heterocycles. The minimum atomic E-state index is -4.31. The predicted octanol–water partition coefficient (Wildman–Crippen LogP) is 2.87. The first-order chi connectivity index (χ1) is 6.60. The fourth-order valence-electron chi connectivity index (χ4n) is 1.22. The molecule has 0 fully saturated rings. The Morgan fingerprint density at radius 1 is 1.27 bits per heavy atom. The van der Waals surface area contributed by atoms with E-state index in [1.54, 1.807) is 6.92 Å². The lowest BCUT2D eigenvalue weighted by atomic mass is 9.93. The molecule has 0 aromatic heterocycles. The Kier molecular flexibility index (Phi) is 2.85. The summed E-state index contributed by atoms with van der Waals surface area (Å²) in [5, 5.41) is 2.87. The van der Waals surface area contributed by atoms with Crippen molar-refractivity contribution in [3.8, 4) is 0 Å². The molecule has 0 aliphatic carbocycles. The molecule has 1 aliphatic rings. The maximum absolute atomic E-state index is 12.5. The first kappa shape index (κ1) is 12.1. The third-order valence-electron chi connectivity index (χ3n) is 2.04. The van der Waals surface area contributed by atoms with Gasteiger partial charge in [0.05, 0.1) is 0 Å². The first-order valence-corrected chi connectivity index (χ1v) is 4.71. The Morgan fingerprint density at radius 3 is 2.20 bits per heavy atom. The van der Waals surface area contributed by atoms with Gasteiger partial charge in [-0.15, -0.1) is 0 Å². The third-order valence-corrected chi connectivity index (χ3v) is 2.04. The fraction of sp³-hybridized carbons (Fsp3) is 0.700. The number of allylic oxidation sites excluding steroid dienone is 1. The van der Waals surface area contributed by atoms with E-state index in [4.69, 9.17) is 0 Å². The lowest BCUT2D eigenvalue weighted by Crippen LogP contribution is -2.41. The number of hydrogen-bond donors (Lipinski definition) is 1. The topological polar surface area (TPSA) is 24.4 Å². The zero-order valence-corrected chi connectivity index (χ0v) is 9.24. The SMILES string of the molecule is CC1=CC(C(F)(F)F)N=C(C(C)(C)C)N1. The number of halogens is 3. The fourth-order valence-corrected chi connectivity index (χ4v) is 1.22. The summed E-state index contributed by atoms with van der Waals surface area (Å²) in [7, 11) is 0. The van der Waals surface area contributed by atoms with Gasteiger partial charge in [-0.25, -0.2) is 0 Å². The average molecular weight is 220 g/mol. The molecule has 0 spiro atoms. The van der Waals surface area contributed by atoms with Crippen LogP contribution in [0.5, 0.6) is 0 Å². The van der Waals surface area contributed by atoms with Crippen LogP contribution in [0.1, 0.15) is 27.7 Å². The second-order valence-electron chi connectivity index (χ2n) is 4.69. The van der Waals surface area contributed by atoms with E-state index in [1.165, 1.54) is 0 Å². The highest BCUT2D eigenvalue weighted by Gasteiger charge is 2.40. The van der Waals surface area contributed by atoms with Gasteiger partial charge in [-0.2, -0.15) is 13.2 Å². The van der Waals surface area contributed by atoms with Crippen molar-refractivity contribution in [2.45, 2.75) is 39.9 Å². The molecule has 1 N–H and O–H groups in total. The van der Waals surface area contributed by atoms with Crippen molar-refractivity contribution < 1.29 is 13.2 Å². The highest BCUT2D eigenvalue weighted by Crippen LogP contribution is 2.28. The van der Waals surface area contributed by atoms with Crippen LogP contribution in [-0.2, 0) is 0 Å². The highest BCUT2D eigenvalue weighted by molar-refractivity contribution is 5.89. The number of rotatable bonds is 0. The van der Waals surface area contributed by atoms with Crippen LogP contribution in [0.25, 0.3) is 0 Å². The molecule has 0 aromatic carbocycles. The van der Waals surface area contributed by atoms with Gasteiger partial charge in [0.25, 0.3) is 0 Å². The summed E-state index contributed by atoms with van der Waals surface area (Å²) in [6, 6.07) is -1.71. The van der Waals surface area contributed by atoms with Gasteiger partial charge in [0, 0.05) is 11.1 Å². The quantitative estimate of drug-likeness (QED) is 0.667.